The minimum absolute atomic E-state index is 0.0416. The van der Waals surface area contributed by atoms with Crippen molar-refractivity contribution in [3.05, 3.63) is 69.4 Å². The minimum atomic E-state index is -5.08. The first kappa shape index (κ1) is 32.8. The van der Waals surface area contributed by atoms with E-state index in [2.05, 4.69) is 10.1 Å². The van der Waals surface area contributed by atoms with Gasteiger partial charge in [0.1, 0.15) is 6.54 Å². The number of nitrogens with one attached hydrogen (secondary N) is 1. The van der Waals surface area contributed by atoms with E-state index < -0.39 is 30.8 Å². The molecule has 1 aliphatic rings. The Balaban J connectivity index is 0.000000616. The SMILES string of the molecule is O=C(CCN1CCC[C@@H]1Cn1nc(Cc2ccc(Cl)cc2)c2cnccc2c1=O)NCC(F)(F)F.O=C(O)C(F)(F)F. The van der Waals surface area contributed by atoms with Gasteiger partial charge in [0, 0.05) is 48.2 Å². The van der Waals surface area contributed by atoms with E-state index in [0.717, 1.165) is 18.4 Å². The first-order valence-corrected chi connectivity index (χ1v) is 13.0. The van der Waals surface area contributed by atoms with Crippen LogP contribution in [0.3, 0.4) is 0 Å². The predicted octanol–water partition coefficient (Wildman–Crippen LogP) is 4.20. The lowest BCUT2D eigenvalue weighted by Gasteiger charge is -2.25. The van der Waals surface area contributed by atoms with Crippen LogP contribution in [0, 0.1) is 0 Å². The lowest BCUT2D eigenvalue weighted by atomic mass is 10.1. The summed E-state index contributed by atoms with van der Waals surface area (Å²) in [4.78, 5) is 40.1. The average molecular weight is 622 g/mol. The van der Waals surface area contributed by atoms with Crippen LogP contribution < -0.4 is 10.9 Å². The zero-order valence-electron chi connectivity index (χ0n) is 21.9. The summed E-state index contributed by atoms with van der Waals surface area (Å²) in [5, 5.41) is 15.5. The number of hydrogen-bond donors (Lipinski definition) is 2. The predicted molar refractivity (Wildman–Crippen MR) is 140 cm³/mol. The molecule has 1 aliphatic heterocycles. The third-order valence-corrected chi connectivity index (χ3v) is 6.61. The first-order chi connectivity index (χ1) is 19.6. The van der Waals surface area contributed by atoms with Gasteiger partial charge in [-0.2, -0.15) is 31.4 Å². The molecule has 0 radical (unpaired) electrons. The van der Waals surface area contributed by atoms with Gasteiger partial charge in [0.25, 0.3) is 5.56 Å². The van der Waals surface area contributed by atoms with Gasteiger partial charge in [-0.05, 0) is 43.1 Å². The van der Waals surface area contributed by atoms with E-state index in [9.17, 15) is 35.9 Å². The number of likely N-dealkylation sites (tertiary alicyclic amines) is 1. The molecule has 1 saturated heterocycles. The fourth-order valence-electron chi connectivity index (χ4n) is 4.37. The van der Waals surface area contributed by atoms with Crippen molar-refractivity contribution in [2.45, 2.75) is 50.6 Å². The topological polar surface area (TPSA) is 117 Å². The van der Waals surface area contributed by atoms with Crippen molar-refractivity contribution in [1.29, 1.82) is 0 Å². The fourth-order valence-corrected chi connectivity index (χ4v) is 4.50. The van der Waals surface area contributed by atoms with E-state index in [1.807, 2.05) is 22.3 Å². The van der Waals surface area contributed by atoms with Crippen molar-refractivity contribution in [3.8, 4) is 0 Å². The summed E-state index contributed by atoms with van der Waals surface area (Å²) in [5.41, 5.74) is 1.48. The molecule has 1 atom stereocenters. The largest absolute Gasteiger partial charge is 0.490 e. The summed E-state index contributed by atoms with van der Waals surface area (Å²) < 4.78 is 70.2. The Morgan fingerprint density at radius 2 is 1.74 bits per heavy atom. The van der Waals surface area contributed by atoms with Gasteiger partial charge in [0.2, 0.25) is 5.91 Å². The van der Waals surface area contributed by atoms with Crippen molar-refractivity contribution in [3.63, 3.8) is 0 Å². The number of nitrogens with zero attached hydrogens (tertiary/aromatic N) is 4. The molecule has 1 aromatic carbocycles. The molecular weight excluding hydrogens is 596 g/mol. The van der Waals surface area contributed by atoms with Crippen LogP contribution >= 0.6 is 11.6 Å². The van der Waals surface area contributed by atoms with Crippen molar-refractivity contribution in [2.24, 2.45) is 0 Å². The van der Waals surface area contributed by atoms with Crippen LogP contribution in [0.1, 0.15) is 30.5 Å². The van der Waals surface area contributed by atoms with Gasteiger partial charge in [-0.1, -0.05) is 23.7 Å². The lowest BCUT2D eigenvalue weighted by molar-refractivity contribution is -0.192. The number of aliphatic carboxylic acids is 1. The molecular formula is C26H26ClF6N5O4. The number of benzene rings is 1. The summed E-state index contributed by atoms with van der Waals surface area (Å²) in [6.07, 6.45) is -4.18. The van der Waals surface area contributed by atoms with Gasteiger partial charge in [0.15, 0.2) is 0 Å². The normalized spacial score (nSPS) is 15.7. The summed E-state index contributed by atoms with van der Waals surface area (Å²) in [5.74, 6) is -3.40. The molecule has 2 N–H and O–H groups in total. The molecule has 2 aromatic heterocycles. The monoisotopic (exact) mass is 621 g/mol. The van der Waals surface area contributed by atoms with Crippen LogP contribution in [-0.4, -0.2) is 74.7 Å². The second kappa shape index (κ2) is 14.0. The van der Waals surface area contributed by atoms with E-state index in [-0.39, 0.29) is 18.0 Å². The number of alkyl halides is 6. The Morgan fingerprint density at radius 3 is 2.36 bits per heavy atom. The Hall–Kier alpha value is -3.72. The number of hydrogen-bond acceptors (Lipinski definition) is 6. The number of pyridine rings is 1. The lowest BCUT2D eigenvalue weighted by Crippen LogP contribution is -2.40. The van der Waals surface area contributed by atoms with Crippen LogP contribution in [0.5, 0.6) is 0 Å². The molecule has 3 aromatic rings. The Labute approximate surface area is 240 Å². The molecule has 228 valence electrons. The van der Waals surface area contributed by atoms with Gasteiger partial charge < -0.3 is 10.4 Å². The zero-order valence-corrected chi connectivity index (χ0v) is 22.6. The molecule has 1 amide bonds. The van der Waals surface area contributed by atoms with Gasteiger partial charge in [0.05, 0.1) is 17.6 Å². The smallest absolute Gasteiger partial charge is 0.475 e. The van der Waals surface area contributed by atoms with Gasteiger partial charge in [-0.3, -0.25) is 19.5 Å². The van der Waals surface area contributed by atoms with Crippen LogP contribution in [0.25, 0.3) is 10.8 Å². The second-order valence-corrected chi connectivity index (χ2v) is 9.87. The first-order valence-electron chi connectivity index (χ1n) is 12.6. The average Bonchev–Trinajstić information content (AvgIpc) is 3.36. The highest BCUT2D eigenvalue weighted by Gasteiger charge is 2.38. The highest BCUT2D eigenvalue weighted by atomic mass is 35.5. The number of aromatic nitrogens is 3. The van der Waals surface area contributed by atoms with Gasteiger partial charge in [-0.25, -0.2) is 9.48 Å². The third-order valence-electron chi connectivity index (χ3n) is 6.36. The molecule has 0 spiro atoms. The molecule has 16 heteroatoms. The zero-order chi connectivity index (χ0) is 31.1. The maximum absolute atomic E-state index is 13.2. The number of carbonyl (C=O) groups excluding carboxylic acids is 1. The second-order valence-electron chi connectivity index (χ2n) is 9.44. The number of fused-ring (bicyclic) bond motifs is 1. The Morgan fingerprint density at radius 1 is 1.07 bits per heavy atom. The highest BCUT2D eigenvalue weighted by molar-refractivity contribution is 6.30. The number of carboxylic acid groups (broad SMARTS) is 1. The molecule has 3 heterocycles. The van der Waals surface area contributed by atoms with Crippen molar-refractivity contribution >= 4 is 34.2 Å². The number of rotatable bonds is 8. The molecule has 0 aliphatic carbocycles. The van der Waals surface area contributed by atoms with E-state index in [1.165, 1.54) is 4.68 Å². The molecule has 0 unspecified atom stereocenters. The molecule has 9 nitrogen and oxygen atoms in total. The standard InChI is InChI=1S/C24H25ClF3N5O2.C2HF3O2/c25-17-5-3-16(4-6-17)12-21-20-13-29-9-7-19(20)23(35)33(31-21)14-18-2-1-10-32(18)11-8-22(34)30-15-24(26,27)28;3-2(4,5)1(6)7/h3-7,9,13,18H,1-2,8,10-12,14-15H2,(H,30,34);(H,6,7)/t18-;/m1./s1. The molecule has 42 heavy (non-hydrogen) atoms. The maximum Gasteiger partial charge on any atom is 0.490 e. The van der Waals surface area contributed by atoms with Gasteiger partial charge >= 0.3 is 18.3 Å². The van der Waals surface area contributed by atoms with E-state index >= 15 is 0 Å². The number of carbonyl (C=O) groups is 2. The summed E-state index contributed by atoms with van der Waals surface area (Å²) in [6, 6.07) is 9.05. The van der Waals surface area contributed by atoms with Gasteiger partial charge in [-0.15, -0.1) is 0 Å². The van der Waals surface area contributed by atoms with E-state index in [4.69, 9.17) is 21.5 Å². The molecule has 0 bridgehead atoms. The third kappa shape index (κ3) is 9.69. The highest BCUT2D eigenvalue weighted by Crippen LogP contribution is 2.21. The fraction of sp³-hybridized carbons (Fsp3) is 0.423. The van der Waals surface area contributed by atoms with Crippen molar-refractivity contribution < 1.29 is 41.0 Å². The van der Waals surface area contributed by atoms with Crippen molar-refractivity contribution in [1.82, 2.24) is 25.0 Å². The minimum Gasteiger partial charge on any atom is -0.475 e. The Bertz CT molecular complexity index is 1450. The molecule has 0 saturated carbocycles. The summed E-state index contributed by atoms with van der Waals surface area (Å²) >= 11 is 6.00. The van der Waals surface area contributed by atoms with Crippen LogP contribution in [0.15, 0.2) is 47.5 Å². The quantitative estimate of drug-likeness (QED) is 0.362. The van der Waals surface area contributed by atoms with Crippen LogP contribution in [0.2, 0.25) is 5.02 Å². The van der Waals surface area contributed by atoms with Crippen molar-refractivity contribution in [2.75, 3.05) is 19.6 Å². The Kier molecular flexibility index (Phi) is 10.9. The van der Waals surface area contributed by atoms with Crippen LogP contribution in [-0.2, 0) is 22.6 Å². The van der Waals surface area contributed by atoms with E-state index in [1.54, 1.807) is 30.6 Å². The molecule has 4 rings (SSSR count). The summed E-state index contributed by atoms with van der Waals surface area (Å²) in [7, 11) is 0. The van der Waals surface area contributed by atoms with Crippen LogP contribution in [0.4, 0.5) is 26.3 Å². The maximum atomic E-state index is 13.2. The number of amides is 1. The number of carboxylic acids is 1. The van der Waals surface area contributed by atoms with E-state index in [0.29, 0.717) is 47.5 Å². The summed E-state index contributed by atoms with van der Waals surface area (Å²) in [6.45, 7) is 0.0190. The molecule has 1 fully saturated rings. The number of halogens is 7.